The summed E-state index contributed by atoms with van der Waals surface area (Å²) in [6.07, 6.45) is 1.04. The van der Waals surface area contributed by atoms with Gasteiger partial charge in [-0.3, -0.25) is 4.79 Å². The Labute approximate surface area is 91.8 Å². The predicted molar refractivity (Wildman–Crippen MR) is 59.4 cm³/mol. The van der Waals surface area contributed by atoms with Gasteiger partial charge in [-0.15, -0.1) is 0 Å². The molecule has 0 radical (unpaired) electrons. The van der Waals surface area contributed by atoms with Crippen LogP contribution in [0.25, 0.3) is 0 Å². The Kier molecular flexibility index (Phi) is 4.11. The molecule has 1 unspecified atom stereocenters. The fourth-order valence-electron chi connectivity index (χ4n) is 1.69. The van der Waals surface area contributed by atoms with Crippen molar-refractivity contribution >= 4 is 5.91 Å². The number of nitrogens with zero attached hydrogens (tertiary/aromatic N) is 1. The highest BCUT2D eigenvalue weighted by Crippen LogP contribution is 2.19. The molecule has 1 fully saturated rings. The molecule has 15 heavy (non-hydrogen) atoms. The topological polar surface area (TPSA) is 55.6 Å². The van der Waals surface area contributed by atoms with E-state index < -0.39 is 5.41 Å². The minimum atomic E-state index is -0.454. The molecular formula is C11H22N2O2. The molecule has 0 spiro atoms. The third-order valence-electron chi connectivity index (χ3n) is 2.83. The quantitative estimate of drug-likeness (QED) is 0.732. The predicted octanol–water partition coefficient (Wildman–Crippen LogP) is 0.609. The highest BCUT2D eigenvalue weighted by Gasteiger charge is 2.31. The van der Waals surface area contributed by atoms with Gasteiger partial charge < -0.3 is 15.4 Å². The molecule has 1 atom stereocenters. The fraction of sp³-hybridized carbons (Fsp3) is 0.909. The second-order valence-electron chi connectivity index (χ2n) is 4.87. The van der Waals surface area contributed by atoms with E-state index >= 15 is 0 Å². The zero-order chi connectivity index (χ0) is 11.5. The summed E-state index contributed by atoms with van der Waals surface area (Å²) in [5.41, 5.74) is 5.15. The molecule has 0 saturated carbocycles. The van der Waals surface area contributed by atoms with Gasteiger partial charge in [0.1, 0.15) is 0 Å². The molecule has 1 amide bonds. The summed E-state index contributed by atoms with van der Waals surface area (Å²) in [5.74, 6) is 0.141. The van der Waals surface area contributed by atoms with Gasteiger partial charge in [0.15, 0.2) is 0 Å². The number of nitrogens with two attached hydrogens (primary N) is 1. The highest BCUT2D eigenvalue weighted by molar-refractivity contribution is 5.82. The van der Waals surface area contributed by atoms with E-state index in [9.17, 15) is 4.79 Å². The molecule has 1 aliphatic heterocycles. The normalized spacial score (nSPS) is 23.7. The van der Waals surface area contributed by atoms with E-state index in [1.807, 2.05) is 25.7 Å². The van der Waals surface area contributed by atoms with Crippen LogP contribution in [0.2, 0.25) is 0 Å². The second kappa shape index (κ2) is 4.94. The van der Waals surface area contributed by atoms with Gasteiger partial charge in [0.2, 0.25) is 5.91 Å². The highest BCUT2D eigenvalue weighted by atomic mass is 16.5. The smallest absolute Gasteiger partial charge is 0.229 e. The van der Waals surface area contributed by atoms with Crippen molar-refractivity contribution in [2.45, 2.75) is 33.3 Å². The van der Waals surface area contributed by atoms with Crippen LogP contribution in [-0.2, 0) is 9.53 Å². The Balaban J connectivity index is 2.65. The van der Waals surface area contributed by atoms with Crippen LogP contribution in [0.1, 0.15) is 27.2 Å². The molecular weight excluding hydrogens is 192 g/mol. The van der Waals surface area contributed by atoms with Crippen molar-refractivity contribution in [3.63, 3.8) is 0 Å². The molecule has 4 heteroatoms. The maximum atomic E-state index is 12.1. The van der Waals surface area contributed by atoms with Gasteiger partial charge in [0.25, 0.3) is 0 Å². The Bertz CT molecular complexity index is 229. The average molecular weight is 214 g/mol. The van der Waals surface area contributed by atoms with Crippen molar-refractivity contribution in [1.29, 1.82) is 0 Å². The van der Waals surface area contributed by atoms with Crippen LogP contribution in [0, 0.1) is 5.41 Å². The first-order chi connectivity index (χ1) is 6.97. The third kappa shape index (κ3) is 3.18. The maximum Gasteiger partial charge on any atom is 0.229 e. The standard InChI is InChI=1S/C11H22N2O2/c1-9-7-13(5-4-6-15-9)10(14)11(2,3)8-12/h9H,4-8,12H2,1-3H3. The van der Waals surface area contributed by atoms with E-state index in [1.54, 1.807) is 0 Å². The molecule has 0 aromatic rings. The lowest BCUT2D eigenvalue weighted by atomic mass is 9.91. The van der Waals surface area contributed by atoms with Gasteiger partial charge in [-0.05, 0) is 27.2 Å². The number of hydrogen-bond donors (Lipinski definition) is 1. The molecule has 2 N–H and O–H groups in total. The van der Waals surface area contributed by atoms with Crippen molar-refractivity contribution in [2.75, 3.05) is 26.2 Å². The Hall–Kier alpha value is -0.610. The van der Waals surface area contributed by atoms with Crippen LogP contribution in [0.3, 0.4) is 0 Å². The average Bonchev–Trinajstić information content (AvgIpc) is 2.41. The lowest BCUT2D eigenvalue weighted by Crippen LogP contribution is -2.46. The maximum absolute atomic E-state index is 12.1. The largest absolute Gasteiger partial charge is 0.377 e. The summed E-state index contributed by atoms with van der Waals surface area (Å²) in [6.45, 7) is 8.39. The number of rotatable bonds is 2. The van der Waals surface area contributed by atoms with Crippen LogP contribution in [0.5, 0.6) is 0 Å². The van der Waals surface area contributed by atoms with Gasteiger partial charge in [0.05, 0.1) is 11.5 Å². The molecule has 0 aromatic carbocycles. The molecule has 1 saturated heterocycles. The van der Waals surface area contributed by atoms with Gasteiger partial charge in [-0.2, -0.15) is 0 Å². The number of carbonyl (C=O) groups is 1. The minimum absolute atomic E-state index is 0.130. The molecule has 4 nitrogen and oxygen atoms in total. The molecule has 88 valence electrons. The van der Waals surface area contributed by atoms with Crippen LogP contribution in [0.15, 0.2) is 0 Å². The summed E-state index contributed by atoms with van der Waals surface area (Å²) in [6, 6.07) is 0. The Morgan fingerprint density at radius 1 is 1.60 bits per heavy atom. The van der Waals surface area contributed by atoms with Gasteiger partial charge in [0, 0.05) is 26.2 Å². The minimum Gasteiger partial charge on any atom is -0.377 e. The van der Waals surface area contributed by atoms with E-state index in [0.717, 1.165) is 19.6 Å². The second-order valence-corrected chi connectivity index (χ2v) is 4.87. The van der Waals surface area contributed by atoms with Crippen molar-refractivity contribution in [3.8, 4) is 0 Å². The first-order valence-corrected chi connectivity index (χ1v) is 5.58. The molecule has 1 heterocycles. The summed E-state index contributed by atoms with van der Waals surface area (Å²) < 4.78 is 5.50. The van der Waals surface area contributed by atoms with Crippen LogP contribution in [-0.4, -0.2) is 43.2 Å². The zero-order valence-corrected chi connectivity index (χ0v) is 9.95. The Morgan fingerprint density at radius 3 is 2.87 bits per heavy atom. The summed E-state index contributed by atoms with van der Waals surface area (Å²) in [7, 11) is 0. The van der Waals surface area contributed by atoms with Crippen LogP contribution in [0.4, 0.5) is 0 Å². The molecule has 1 aliphatic rings. The molecule has 0 bridgehead atoms. The third-order valence-corrected chi connectivity index (χ3v) is 2.83. The first kappa shape index (κ1) is 12.5. The van der Waals surface area contributed by atoms with Crippen molar-refractivity contribution in [2.24, 2.45) is 11.1 Å². The van der Waals surface area contributed by atoms with Gasteiger partial charge in [-0.1, -0.05) is 0 Å². The van der Waals surface area contributed by atoms with E-state index in [2.05, 4.69) is 0 Å². The van der Waals surface area contributed by atoms with Gasteiger partial charge in [-0.25, -0.2) is 0 Å². The lowest BCUT2D eigenvalue weighted by Gasteiger charge is -2.30. The van der Waals surface area contributed by atoms with E-state index in [-0.39, 0.29) is 12.0 Å². The van der Waals surface area contributed by atoms with E-state index in [0.29, 0.717) is 13.1 Å². The molecule has 0 aromatic heterocycles. The fourth-order valence-corrected chi connectivity index (χ4v) is 1.69. The van der Waals surface area contributed by atoms with Crippen molar-refractivity contribution in [3.05, 3.63) is 0 Å². The molecule has 0 aliphatic carbocycles. The van der Waals surface area contributed by atoms with E-state index in [1.165, 1.54) is 0 Å². The van der Waals surface area contributed by atoms with E-state index in [4.69, 9.17) is 10.5 Å². The SMILES string of the molecule is CC1CN(C(=O)C(C)(C)CN)CCCO1. The molecule has 1 rings (SSSR count). The van der Waals surface area contributed by atoms with Gasteiger partial charge >= 0.3 is 0 Å². The number of carbonyl (C=O) groups excluding carboxylic acids is 1. The summed E-state index contributed by atoms with van der Waals surface area (Å²) >= 11 is 0. The Morgan fingerprint density at radius 2 is 2.27 bits per heavy atom. The zero-order valence-electron chi connectivity index (χ0n) is 9.95. The first-order valence-electron chi connectivity index (χ1n) is 5.58. The summed E-state index contributed by atoms with van der Waals surface area (Å²) in [5, 5.41) is 0. The monoisotopic (exact) mass is 214 g/mol. The number of amides is 1. The van der Waals surface area contributed by atoms with Crippen LogP contribution >= 0.6 is 0 Å². The lowest BCUT2D eigenvalue weighted by molar-refractivity contribution is -0.140. The number of hydrogen-bond acceptors (Lipinski definition) is 3. The van der Waals surface area contributed by atoms with Crippen molar-refractivity contribution in [1.82, 2.24) is 4.90 Å². The summed E-state index contributed by atoms with van der Waals surface area (Å²) in [4.78, 5) is 14.0. The van der Waals surface area contributed by atoms with Crippen LogP contribution < -0.4 is 5.73 Å². The van der Waals surface area contributed by atoms with Crippen molar-refractivity contribution < 1.29 is 9.53 Å². The number of ether oxygens (including phenoxy) is 1.